The van der Waals surface area contributed by atoms with Crippen molar-refractivity contribution in [3.63, 3.8) is 0 Å². The summed E-state index contributed by atoms with van der Waals surface area (Å²) in [5, 5.41) is 3.11. The molecule has 0 aromatic heterocycles. The number of alkyl halides is 3. The Balaban J connectivity index is 2.43. The molecule has 0 radical (unpaired) electrons. The zero-order chi connectivity index (χ0) is 15.5. The molecule has 0 fully saturated rings. The van der Waals surface area contributed by atoms with Gasteiger partial charge in [0.25, 0.3) is 0 Å². The van der Waals surface area contributed by atoms with Crippen LogP contribution in [0.4, 0.5) is 17.6 Å². The van der Waals surface area contributed by atoms with E-state index in [4.69, 9.17) is 0 Å². The Labute approximate surface area is 122 Å². The zero-order valence-electron chi connectivity index (χ0n) is 11.9. The van der Waals surface area contributed by atoms with Crippen molar-refractivity contribution in [2.45, 2.75) is 44.8 Å². The summed E-state index contributed by atoms with van der Waals surface area (Å²) in [4.78, 5) is 0. The average molecular weight is 301 g/mol. The third-order valence-corrected chi connectivity index (χ3v) is 3.75. The number of rotatable bonds is 4. The van der Waals surface area contributed by atoms with Crippen molar-refractivity contribution in [3.8, 4) is 0 Å². The quantitative estimate of drug-likeness (QED) is 0.610. The van der Waals surface area contributed by atoms with Crippen LogP contribution in [0.15, 0.2) is 29.8 Å². The predicted molar refractivity (Wildman–Crippen MR) is 74.4 cm³/mol. The van der Waals surface area contributed by atoms with Gasteiger partial charge in [0.05, 0.1) is 11.6 Å². The van der Waals surface area contributed by atoms with Gasteiger partial charge in [-0.1, -0.05) is 30.7 Å². The highest BCUT2D eigenvalue weighted by molar-refractivity contribution is 5.35. The first-order chi connectivity index (χ1) is 9.95. The van der Waals surface area contributed by atoms with Gasteiger partial charge in [-0.05, 0) is 38.3 Å². The van der Waals surface area contributed by atoms with Gasteiger partial charge in [-0.25, -0.2) is 4.39 Å². The van der Waals surface area contributed by atoms with E-state index in [1.165, 1.54) is 12.1 Å². The third-order valence-electron chi connectivity index (χ3n) is 3.75. The fourth-order valence-corrected chi connectivity index (χ4v) is 2.76. The minimum atomic E-state index is -4.67. The second-order valence-electron chi connectivity index (χ2n) is 5.22. The van der Waals surface area contributed by atoms with Crippen LogP contribution in [0.5, 0.6) is 0 Å². The van der Waals surface area contributed by atoms with E-state index in [2.05, 4.69) is 5.32 Å². The van der Waals surface area contributed by atoms with Crippen molar-refractivity contribution < 1.29 is 17.6 Å². The lowest BCUT2D eigenvalue weighted by molar-refractivity contribution is -0.140. The molecule has 1 aromatic rings. The molecule has 21 heavy (non-hydrogen) atoms. The molecule has 2 rings (SSSR count). The van der Waals surface area contributed by atoms with Crippen molar-refractivity contribution in [3.05, 3.63) is 46.8 Å². The minimum Gasteiger partial charge on any atom is -0.307 e. The first-order valence-corrected chi connectivity index (χ1v) is 7.23. The van der Waals surface area contributed by atoms with Crippen LogP contribution in [-0.4, -0.2) is 6.54 Å². The molecule has 0 spiro atoms. The standard InChI is InChI=1S/C16H19F4N/c1-2-21-15(11-7-4-3-5-8-11)12-9-6-10-13(14(12)17)16(18,19)20/h6-7,9-10,15,21H,2-5,8H2,1H3. The molecule has 0 saturated heterocycles. The summed E-state index contributed by atoms with van der Waals surface area (Å²) in [6.07, 6.45) is 1.13. The molecule has 0 heterocycles. The fraction of sp³-hybridized carbons (Fsp3) is 0.500. The summed E-state index contributed by atoms with van der Waals surface area (Å²) in [7, 11) is 0. The zero-order valence-corrected chi connectivity index (χ0v) is 11.9. The Morgan fingerprint density at radius 2 is 2.00 bits per heavy atom. The molecule has 1 aromatic carbocycles. The van der Waals surface area contributed by atoms with Gasteiger partial charge in [0.2, 0.25) is 0 Å². The third kappa shape index (κ3) is 3.64. The van der Waals surface area contributed by atoms with E-state index in [0.29, 0.717) is 6.54 Å². The summed E-state index contributed by atoms with van der Waals surface area (Å²) in [5.74, 6) is -1.16. The van der Waals surface area contributed by atoms with Gasteiger partial charge in [-0.15, -0.1) is 0 Å². The number of benzene rings is 1. The van der Waals surface area contributed by atoms with E-state index in [0.717, 1.165) is 37.3 Å². The number of allylic oxidation sites excluding steroid dienone is 1. The highest BCUT2D eigenvalue weighted by Crippen LogP contribution is 2.37. The van der Waals surface area contributed by atoms with E-state index in [1.807, 2.05) is 13.0 Å². The van der Waals surface area contributed by atoms with Crippen LogP contribution in [0, 0.1) is 5.82 Å². The molecule has 1 aliphatic rings. The molecule has 5 heteroatoms. The Kier molecular flexibility index (Phi) is 5.04. The number of likely N-dealkylation sites (N-methyl/N-ethyl adjacent to an activating group) is 1. The van der Waals surface area contributed by atoms with Gasteiger partial charge in [0.15, 0.2) is 0 Å². The summed E-state index contributed by atoms with van der Waals surface area (Å²) in [6.45, 7) is 2.43. The molecule has 0 amide bonds. The second-order valence-corrected chi connectivity index (χ2v) is 5.22. The Morgan fingerprint density at radius 3 is 2.57 bits per heavy atom. The van der Waals surface area contributed by atoms with E-state index in [9.17, 15) is 17.6 Å². The summed E-state index contributed by atoms with van der Waals surface area (Å²) < 4.78 is 52.8. The van der Waals surface area contributed by atoms with Crippen molar-refractivity contribution in [2.75, 3.05) is 6.54 Å². The van der Waals surface area contributed by atoms with Crippen LogP contribution in [0.2, 0.25) is 0 Å². The minimum absolute atomic E-state index is 0.0832. The highest BCUT2D eigenvalue weighted by atomic mass is 19.4. The molecule has 1 N–H and O–H groups in total. The first-order valence-electron chi connectivity index (χ1n) is 7.23. The van der Waals surface area contributed by atoms with Crippen LogP contribution in [0.1, 0.15) is 49.8 Å². The average Bonchev–Trinajstić information content (AvgIpc) is 2.45. The molecule has 1 atom stereocenters. The first kappa shape index (κ1) is 16.0. The van der Waals surface area contributed by atoms with Crippen molar-refractivity contribution >= 4 is 0 Å². The molecular weight excluding hydrogens is 282 g/mol. The number of nitrogens with one attached hydrogen (secondary N) is 1. The molecule has 0 aliphatic heterocycles. The predicted octanol–water partition coefficient (Wildman–Crippen LogP) is 5.00. The lowest BCUT2D eigenvalue weighted by atomic mass is 9.89. The smallest absolute Gasteiger partial charge is 0.307 e. The van der Waals surface area contributed by atoms with Gasteiger partial charge >= 0.3 is 6.18 Å². The number of hydrogen-bond acceptors (Lipinski definition) is 1. The van der Waals surface area contributed by atoms with E-state index in [-0.39, 0.29) is 5.56 Å². The highest BCUT2D eigenvalue weighted by Gasteiger charge is 2.36. The summed E-state index contributed by atoms with van der Waals surface area (Å²) in [5.41, 5.74) is -0.125. The molecule has 1 nitrogen and oxygen atoms in total. The molecule has 116 valence electrons. The largest absolute Gasteiger partial charge is 0.419 e. The maximum absolute atomic E-state index is 14.3. The lowest BCUT2D eigenvalue weighted by Crippen LogP contribution is -2.25. The van der Waals surface area contributed by atoms with Crippen LogP contribution in [-0.2, 0) is 6.18 Å². The fourth-order valence-electron chi connectivity index (χ4n) is 2.76. The van der Waals surface area contributed by atoms with Gasteiger partial charge in [0, 0.05) is 5.56 Å². The number of halogens is 4. The van der Waals surface area contributed by atoms with Crippen LogP contribution < -0.4 is 5.32 Å². The Bertz CT molecular complexity index is 519. The maximum atomic E-state index is 14.3. The topological polar surface area (TPSA) is 12.0 Å². The van der Waals surface area contributed by atoms with Crippen LogP contribution >= 0.6 is 0 Å². The van der Waals surface area contributed by atoms with Crippen molar-refractivity contribution in [1.29, 1.82) is 0 Å². The summed E-state index contributed by atoms with van der Waals surface area (Å²) >= 11 is 0. The van der Waals surface area contributed by atoms with E-state index < -0.39 is 23.6 Å². The molecule has 0 bridgehead atoms. The normalized spacial score (nSPS) is 17.5. The molecule has 0 saturated carbocycles. The van der Waals surface area contributed by atoms with Gasteiger partial charge in [-0.3, -0.25) is 0 Å². The second kappa shape index (κ2) is 6.60. The van der Waals surface area contributed by atoms with Crippen LogP contribution in [0.3, 0.4) is 0 Å². The van der Waals surface area contributed by atoms with E-state index >= 15 is 0 Å². The SMILES string of the molecule is CCNC(C1=CCCCC1)c1cccc(C(F)(F)F)c1F. The Morgan fingerprint density at radius 1 is 1.24 bits per heavy atom. The van der Waals surface area contributed by atoms with Crippen molar-refractivity contribution in [2.24, 2.45) is 0 Å². The Hall–Kier alpha value is -1.36. The van der Waals surface area contributed by atoms with Gasteiger partial charge < -0.3 is 5.32 Å². The number of hydrogen-bond donors (Lipinski definition) is 1. The van der Waals surface area contributed by atoms with E-state index in [1.54, 1.807) is 0 Å². The lowest BCUT2D eigenvalue weighted by Gasteiger charge is -2.25. The van der Waals surface area contributed by atoms with Gasteiger partial charge in [0.1, 0.15) is 5.82 Å². The van der Waals surface area contributed by atoms with Crippen molar-refractivity contribution in [1.82, 2.24) is 5.32 Å². The molecular formula is C16H19F4N. The van der Waals surface area contributed by atoms with Gasteiger partial charge in [-0.2, -0.15) is 13.2 Å². The maximum Gasteiger partial charge on any atom is 0.419 e. The monoisotopic (exact) mass is 301 g/mol. The summed E-state index contributed by atoms with van der Waals surface area (Å²) in [6, 6.07) is 3.02. The molecule has 1 unspecified atom stereocenters. The van der Waals surface area contributed by atoms with Crippen LogP contribution in [0.25, 0.3) is 0 Å². The molecule has 1 aliphatic carbocycles.